The molecule has 0 heterocycles. The lowest BCUT2D eigenvalue weighted by Crippen LogP contribution is -2.20. The van der Waals surface area contributed by atoms with Crippen molar-refractivity contribution in [3.63, 3.8) is 0 Å². The highest BCUT2D eigenvalue weighted by molar-refractivity contribution is 9.10. The Kier molecular flexibility index (Phi) is 5.55. The van der Waals surface area contributed by atoms with Gasteiger partial charge in [-0.25, -0.2) is 4.39 Å². The fourth-order valence-corrected chi connectivity index (χ4v) is 2.35. The van der Waals surface area contributed by atoms with Crippen LogP contribution in [0.5, 0.6) is 5.75 Å². The van der Waals surface area contributed by atoms with Crippen molar-refractivity contribution in [3.05, 3.63) is 58.3 Å². The summed E-state index contributed by atoms with van der Waals surface area (Å²) in [7, 11) is 0. The van der Waals surface area contributed by atoms with Crippen molar-refractivity contribution in [2.24, 2.45) is 0 Å². The van der Waals surface area contributed by atoms with Crippen LogP contribution < -0.4 is 10.1 Å². The number of benzene rings is 2. The number of hydrogen-bond acceptors (Lipinski definition) is 2. The molecule has 2 aromatic carbocycles. The minimum atomic E-state index is -0.342. The van der Waals surface area contributed by atoms with Crippen molar-refractivity contribution in [2.45, 2.75) is 19.8 Å². The number of amides is 1. The second kappa shape index (κ2) is 7.40. The van der Waals surface area contributed by atoms with Crippen LogP contribution in [-0.4, -0.2) is 12.5 Å². The quantitative estimate of drug-likeness (QED) is 0.831. The van der Waals surface area contributed by atoms with Gasteiger partial charge in [-0.05, 0) is 53.9 Å². The molecule has 0 fully saturated rings. The monoisotopic (exact) mass is 365 g/mol. The Bertz CT molecular complexity index is 656. The first-order valence-electron chi connectivity index (χ1n) is 6.93. The summed E-state index contributed by atoms with van der Waals surface area (Å²) < 4.78 is 19.4. The Morgan fingerprint density at radius 1 is 1.23 bits per heavy atom. The molecule has 0 atom stereocenters. The van der Waals surface area contributed by atoms with E-state index in [0.717, 1.165) is 10.0 Å². The van der Waals surface area contributed by atoms with Gasteiger partial charge in [0.15, 0.2) is 6.61 Å². The number of halogens is 2. The van der Waals surface area contributed by atoms with Crippen LogP contribution in [0.4, 0.5) is 10.1 Å². The minimum Gasteiger partial charge on any atom is -0.483 e. The maximum absolute atomic E-state index is 12.8. The first-order valence-corrected chi connectivity index (χ1v) is 7.72. The number of anilines is 1. The van der Waals surface area contributed by atoms with E-state index in [4.69, 9.17) is 4.74 Å². The van der Waals surface area contributed by atoms with E-state index in [1.165, 1.54) is 24.3 Å². The van der Waals surface area contributed by atoms with E-state index < -0.39 is 0 Å². The van der Waals surface area contributed by atoms with Crippen molar-refractivity contribution < 1.29 is 13.9 Å². The van der Waals surface area contributed by atoms with Gasteiger partial charge in [-0.2, -0.15) is 0 Å². The molecule has 0 spiro atoms. The van der Waals surface area contributed by atoms with E-state index in [9.17, 15) is 9.18 Å². The van der Waals surface area contributed by atoms with Crippen LogP contribution in [0.3, 0.4) is 0 Å². The summed E-state index contributed by atoms with van der Waals surface area (Å²) in [5.74, 6) is 0.343. The third-order valence-corrected chi connectivity index (χ3v) is 3.57. The Balaban J connectivity index is 1.98. The van der Waals surface area contributed by atoms with Crippen LogP contribution in [-0.2, 0) is 4.79 Å². The van der Waals surface area contributed by atoms with Crippen molar-refractivity contribution in [1.29, 1.82) is 0 Å². The van der Waals surface area contributed by atoms with Gasteiger partial charge in [0.1, 0.15) is 11.6 Å². The van der Waals surface area contributed by atoms with Crippen LogP contribution in [0.25, 0.3) is 0 Å². The minimum absolute atomic E-state index is 0.0985. The van der Waals surface area contributed by atoms with E-state index >= 15 is 0 Å². The molecule has 0 aromatic heterocycles. The normalized spacial score (nSPS) is 10.6. The molecule has 0 bridgehead atoms. The number of hydrogen-bond donors (Lipinski definition) is 1. The smallest absolute Gasteiger partial charge is 0.262 e. The van der Waals surface area contributed by atoms with Gasteiger partial charge < -0.3 is 10.1 Å². The summed E-state index contributed by atoms with van der Waals surface area (Å²) in [6.45, 7) is 4.03. The molecular formula is C17H17BrFNO2. The molecule has 0 radical (unpaired) electrons. The Morgan fingerprint density at radius 3 is 2.55 bits per heavy atom. The Morgan fingerprint density at radius 2 is 1.91 bits per heavy atom. The van der Waals surface area contributed by atoms with Crippen LogP contribution in [0, 0.1) is 5.82 Å². The van der Waals surface area contributed by atoms with Gasteiger partial charge in [0, 0.05) is 10.2 Å². The van der Waals surface area contributed by atoms with Gasteiger partial charge in [0.2, 0.25) is 0 Å². The lowest BCUT2D eigenvalue weighted by Gasteiger charge is -2.14. The highest BCUT2D eigenvalue weighted by atomic mass is 79.9. The molecule has 1 amide bonds. The van der Waals surface area contributed by atoms with E-state index in [0.29, 0.717) is 11.4 Å². The second-order valence-corrected chi connectivity index (χ2v) is 6.10. The van der Waals surface area contributed by atoms with E-state index in [2.05, 4.69) is 35.1 Å². The number of nitrogens with one attached hydrogen (secondary N) is 1. The zero-order chi connectivity index (χ0) is 16.1. The van der Waals surface area contributed by atoms with Crippen molar-refractivity contribution in [3.8, 4) is 5.75 Å². The lowest BCUT2D eigenvalue weighted by atomic mass is 10.0. The number of rotatable bonds is 5. The molecule has 0 saturated carbocycles. The van der Waals surface area contributed by atoms with Gasteiger partial charge in [-0.1, -0.05) is 29.8 Å². The molecule has 0 saturated heterocycles. The molecule has 116 valence electrons. The number of ether oxygens (including phenoxy) is 1. The van der Waals surface area contributed by atoms with E-state index in [1.807, 2.05) is 18.2 Å². The molecule has 1 N–H and O–H groups in total. The van der Waals surface area contributed by atoms with Gasteiger partial charge in [-0.3, -0.25) is 4.79 Å². The van der Waals surface area contributed by atoms with E-state index in [1.54, 1.807) is 0 Å². The highest BCUT2D eigenvalue weighted by Crippen LogP contribution is 2.29. The summed E-state index contributed by atoms with van der Waals surface area (Å²) in [5.41, 5.74) is 1.57. The van der Waals surface area contributed by atoms with E-state index in [-0.39, 0.29) is 24.2 Å². The molecule has 0 unspecified atom stereocenters. The van der Waals surface area contributed by atoms with Crippen molar-refractivity contribution >= 4 is 27.5 Å². The standard InChI is InChI=1S/C17H17BrFNO2/c1-11(2)15-9-12(18)3-8-16(15)22-10-17(21)20-14-6-4-13(19)5-7-14/h3-9,11H,10H2,1-2H3,(H,20,21). The van der Waals surface area contributed by atoms with Gasteiger partial charge in [0.05, 0.1) is 0 Å². The third kappa shape index (κ3) is 4.56. The summed E-state index contributed by atoms with van der Waals surface area (Å²) in [6, 6.07) is 11.3. The molecule has 0 aliphatic heterocycles. The SMILES string of the molecule is CC(C)c1cc(Br)ccc1OCC(=O)Nc1ccc(F)cc1. The molecule has 2 rings (SSSR count). The third-order valence-electron chi connectivity index (χ3n) is 3.08. The maximum Gasteiger partial charge on any atom is 0.262 e. The molecular weight excluding hydrogens is 349 g/mol. The zero-order valence-corrected chi connectivity index (χ0v) is 14.0. The van der Waals surface area contributed by atoms with Crippen molar-refractivity contribution in [2.75, 3.05) is 11.9 Å². The highest BCUT2D eigenvalue weighted by Gasteiger charge is 2.10. The predicted octanol–water partition coefficient (Wildman–Crippen LogP) is 4.73. The van der Waals surface area contributed by atoms with Crippen molar-refractivity contribution in [1.82, 2.24) is 0 Å². The number of carbonyl (C=O) groups excluding carboxylic acids is 1. The number of carbonyl (C=O) groups is 1. The largest absolute Gasteiger partial charge is 0.483 e. The topological polar surface area (TPSA) is 38.3 Å². The summed E-state index contributed by atoms with van der Waals surface area (Å²) in [5, 5.41) is 2.66. The first kappa shape index (κ1) is 16.5. The van der Waals surface area contributed by atoms with Gasteiger partial charge in [0.25, 0.3) is 5.91 Å². The molecule has 0 aliphatic rings. The van der Waals surface area contributed by atoms with Crippen LogP contribution in [0.15, 0.2) is 46.9 Å². The molecule has 22 heavy (non-hydrogen) atoms. The Hall–Kier alpha value is -1.88. The van der Waals surface area contributed by atoms with Gasteiger partial charge in [-0.15, -0.1) is 0 Å². The molecule has 0 aliphatic carbocycles. The van der Waals surface area contributed by atoms with Crippen LogP contribution in [0.2, 0.25) is 0 Å². The predicted molar refractivity (Wildman–Crippen MR) is 88.8 cm³/mol. The average Bonchev–Trinajstić information content (AvgIpc) is 2.48. The summed E-state index contributed by atoms with van der Waals surface area (Å²) >= 11 is 3.43. The van der Waals surface area contributed by atoms with Gasteiger partial charge >= 0.3 is 0 Å². The maximum atomic E-state index is 12.8. The second-order valence-electron chi connectivity index (χ2n) is 5.18. The fourth-order valence-electron chi connectivity index (χ4n) is 1.98. The summed E-state index contributed by atoms with van der Waals surface area (Å²) in [4.78, 5) is 11.9. The van der Waals surface area contributed by atoms with Crippen LogP contribution in [0.1, 0.15) is 25.3 Å². The molecule has 5 heteroatoms. The lowest BCUT2D eigenvalue weighted by molar-refractivity contribution is -0.118. The van der Waals surface area contributed by atoms with Crippen LogP contribution >= 0.6 is 15.9 Å². The average molecular weight is 366 g/mol. The molecule has 2 aromatic rings. The Labute approximate surface area is 137 Å². The first-order chi connectivity index (χ1) is 10.5. The zero-order valence-electron chi connectivity index (χ0n) is 12.4. The summed E-state index contributed by atoms with van der Waals surface area (Å²) in [6.07, 6.45) is 0. The fraction of sp³-hybridized carbons (Fsp3) is 0.235. The molecule has 3 nitrogen and oxygen atoms in total.